The Morgan fingerprint density at radius 1 is 1.91 bits per heavy atom. The van der Waals surface area contributed by atoms with Crippen LogP contribution in [-0.4, -0.2) is 35.1 Å². The van der Waals surface area contributed by atoms with Crippen molar-refractivity contribution in [3.63, 3.8) is 0 Å². The molecule has 0 saturated carbocycles. The highest BCUT2D eigenvalue weighted by molar-refractivity contribution is 5.79. The third kappa shape index (κ3) is 1.43. The van der Waals surface area contributed by atoms with E-state index in [9.17, 15) is 9.90 Å². The molecule has 1 aliphatic heterocycles. The minimum absolute atomic E-state index is 0.0179. The summed E-state index contributed by atoms with van der Waals surface area (Å²) in [5, 5.41) is 9.35. The lowest BCUT2D eigenvalue weighted by molar-refractivity contribution is -0.127. The van der Waals surface area contributed by atoms with Crippen molar-refractivity contribution in [2.45, 2.75) is 25.0 Å². The van der Waals surface area contributed by atoms with Crippen LogP contribution in [0.25, 0.3) is 0 Å². The molecule has 0 spiro atoms. The zero-order valence-electron chi connectivity index (χ0n) is 6.66. The number of likely N-dealkylation sites (tertiary alicyclic amines) is 1. The van der Waals surface area contributed by atoms with Crippen LogP contribution in [0.2, 0.25) is 0 Å². The van der Waals surface area contributed by atoms with Gasteiger partial charge in [0.15, 0.2) is 0 Å². The summed E-state index contributed by atoms with van der Waals surface area (Å²) in [6.07, 6.45) is 2.15. The largest absolute Gasteiger partial charge is 0.390 e. The zero-order chi connectivity index (χ0) is 8.43. The van der Waals surface area contributed by atoms with Gasteiger partial charge >= 0.3 is 0 Å². The van der Waals surface area contributed by atoms with Gasteiger partial charge in [0.1, 0.15) is 0 Å². The molecule has 1 saturated heterocycles. The molecule has 1 rings (SSSR count). The van der Waals surface area contributed by atoms with Gasteiger partial charge in [-0.15, -0.1) is 6.58 Å². The van der Waals surface area contributed by atoms with Crippen LogP contribution >= 0.6 is 0 Å². The maximum absolute atomic E-state index is 11.0. The summed E-state index contributed by atoms with van der Waals surface area (Å²) < 4.78 is 0. The van der Waals surface area contributed by atoms with Crippen LogP contribution in [0.1, 0.15) is 12.8 Å². The second-order valence-electron chi connectivity index (χ2n) is 2.87. The SMILES string of the molecule is C=CCC1C(O)CC(=O)N1C. The molecule has 3 nitrogen and oxygen atoms in total. The first-order valence-electron chi connectivity index (χ1n) is 3.71. The molecule has 1 amide bonds. The average molecular weight is 155 g/mol. The summed E-state index contributed by atoms with van der Waals surface area (Å²) in [4.78, 5) is 12.6. The van der Waals surface area contributed by atoms with Crippen molar-refractivity contribution in [1.82, 2.24) is 4.90 Å². The molecular formula is C8H13NO2. The van der Waals surface area contributed by atoms with Crippen LogP contribution < -0.4 is 0 Å². The van der Waals surface area contributed by atoms with Gasteiger partial charge in [0, 0.05) is 7.05 Å². The van der Waals surface area contributed by atoms with Gasteiger partial charge in [0.25, 0.3) is 0 Å². The Hall–Kier alpha value is -0.830. The van der Waals surface area contributed by atoms with E-state index < -0.39 is 6.10 Å². The van der Waals surface area contributed by atoms with Gasteiger partial charge < -0.3 is 10.0 Å². The number of likely N-dealkylation sites (N-methyl/N-ethyl adjacent to an activating group) is 1. The van der Waals surface area contributed by atoms with Gasteiger partial charge in [-0.25, -0.2) is 0 Å². The third-order valence-corrected chi connectivity index (χ3v) is 2.13. The normalized spacial score (nSPS) is 31.1. The van der Waals surface area contributed by atoms with E-state index in [-0.39, 0.29) is 18.4 Å². The van der Waals surface area contributed by atoms with Gasteiger partial charge in [0.2, 0.25) is 5.91 Å². The molecule has 2 unspecified atom stereocenters. The monoisotopic (exact) mass is 155 g/mol. The van der Waals surface area contributed by atoms with Crippen molar-refractivity contribution in [1.29, 1.82) is 0 Å². The highest BCUT2D eigenvalue weighted by atomic mass is 16.3. The van der Waals surface area contributed by atoms with Gasteiger partial charge in [-0.2, -0.15) is 0 Å². The van der Waals surface area contributed by atoms with Crippen molar-refractivity contribution < 1.29 is 9.90 Å². The fraction of sp³-hybridized carbons (Fsp3) is 0.625. The predicted octanol–water partition coefficient (Wildman–Crippen LogP) is 0.154. The minimum atomic E-state index is -0.509. The van der Waals surface area contributed by atoms with E-state index in [1.807, 2.05) is 0 Å². The number of nitrogens with zero attached hydrogens (tertiary/aromatic N) is 1. The fourth-order valence-corrected chi connectivity index (χ4v) is 1.39. The Balaban J connectivity index is 2.63. The summed E-state index contributed by atoms with van der Waals surface area (Å²) in [5.41, 5.74) is 0. The smallest absolute Gasteiger partial charge is 0.225 e. The first kappa shape index (κ1) is 8.27. The summed E-state index contributed by atoms with van der Waals surface area (Å²) >= 11 is 0. The number of hydrogen-bond acceptors (Lipinski definition) is 2. The number of amides is 1. The second-order valence-corrected chi connectivity index (χ2v) is 2.87. The fourth-order valence-electron chi connectivity index (χ4n) is 1.39. The van der Waals surface area contributed by atoms with E-state index >= 15 is 0 Å². The average Bonchev–Trinajstić information content (AvgIpc) is 2.17. The lowest BCUT2D eigenvalue weighted by Crippen LogP contribution is -2.33. The lowest BCUT2D eigenvalue weighted by atomic mass is 10.1. The first-order chi connectivity index (χ1) is 5.16. The van der Waals surface area contributed by atoms with Crippen LogP contribution in [-0.2, 0) is 4.79 Å². The predicted molar refractivity (Wildman–Crippen MR) is 42.0 cm³/mol. The van der Waals surface area contributed by atoms with Gasteiger partial charge in [-0.1, -0.05) is 6.08 Å². The van der Waals surface area contributed by atoms with E-state index in [2.05, 4.69) is 6.58 Å². The number of rotatable bonds is 2. The third-order valence-electron chi connectivity index (χ3n) is 2.13. The molecule has 0 bridgehead atoms. The van der Waals surface area contributed by atoms with Crippen LogP contribution in [0, 0.1) is 0 Å². The Morgan fingerprint density at radius 3 is 2.91 bits per heavy atom. The van der Waals surface area contributed by atoms with E-state index in [0.717, 1.165) is 0 Å². The molecule has 1 fully saturated rings. The molecule has 2 atom stereocenters. The van der Waals surface area contributed by atoms with E-state index in [4.69, 9.17) is 0 Å². The van der Waals surface area contributed by atoms with Crippen molar-refractivity contribution >= 4 is 5.91 Å². The Kier molecular flexibility index (Phi) is 2.29. The maximum Gasteiger partial charge on any atom is 0.225 e. The lowest BCUT2D eigenvalue weighted by Gasteiger charge is -2.20. The maximum atomic E-state index is 11.0. The van der Waals surface area contributed by atoms with Crippen molar-refractivity contribution in [2.24, 2.45) is 0 Å². The first-order valence-corrected chi connectivity index (χ1v) is 3.71. The summed E-state index contributed by atoms with van der Waals surface area (Å²) in [7, 11) is 1.72. The number of carbonyl (C=O) groups is 1. The number of carbonyl (C=O) groups excluding carboxylic acids is 1. The molecule has 62 valence electrons. The molecule has 0 aromatic heterocycles. The Morgan fingerprint density at radius 2 is 2.55 bits per heavy atom. The number of aliphatic hydroxyl groups excluding tert-OH is 1. The summed E-state index contributed by atoms with van der Waals surface area (Å²) in [6, 6.07) is -0.0556. The molecule has 0 aliphatic carbocycles. The summed E-state index contributed by atoms with van der Waals surface area (Å²) in [5.74, 6) is 0.0179. The van der Waals surface area contributed by atoms with Crippen LogP contribution in [0.4, 0.5) is 0 Å². The van der Waals surface area contributed by atoms with Gasteiger partial charge in [-0.05, 0) is 6.42 Å². The molecule has 1 aliphatic rings. The molecule has 0 aromatic carbocycles. The zero-order valence-corrected chi connectivity index (χ0v) is 6.66. The van der Waals surface area contributed by atoms with Crippen molar-refractivity contribution in [2.75, 3.05) is 7.05 Å². The van der Waals surface area contributed by atoms with Crippen molar-refractivity contribution in [3.05, 3.63) is 12.7 Å². The van der Waals surface area contributed by atoms with E-state index in [1.165, 1.54) is 0 Å². The molecular weight excluding hydrogens is 142 g/mol. The Labute approximate surface area is 66.3 Å². The van der Waals surface area contributed by atoms with E-state index in [0.29, 0.717) is 6.42 Å². The Bertz CT molecular complexity index is 179. The second kappa shape index (κ2) is 3.05. The molecule has 1 heterocycles. The number of aliphatic hydroxyl groups is 1. The van der Waals surface area contributed by atoms with Gasteiger partial charge in [-0.3, -0.25) is 4.79 Å². The highest BCUT2D eigenvalue weighted by Gasteiger charge is 2.34. The van der Waals surface area contributed by atoms with Crippen molar-refractivity contribution in [3.8, 4) is 0 Å². The highest BCUT2D eigenvalue weighted by Crippen LogP contribution is 2.19. The van der Waals surface area contributed by atoms with E-state index in [1.54, 1.807) is 18.0 Å². The molecule has 11 heavy (non-hydrogen) atoms. The molecule has 1 N–H and O–H groups in total. The van der Waals surface area contributed by atoms with Gasteiger partial charge in [0.05, 0.1) is 18.6 Å². The van der Waals surface area contributed by atoms with Crippen LogP contribution in [0.5, 0.6) is 0 Å². The van der Waals surface area contributed by atoms with Crippen LogP contribution in [0.15, 0.2) is 12.7 Å². The molecule has 0 radical (unpaired) electrons. The molecule has 3 heteroatoms. The molecule has 0 aromatic rings. The summed E-state index contributed by atoms with van der Waals surface area (Å²) in [6.45, 7) is 3.57. The van der Waals surface area contributed by atoms with Crippen LogP contribution in [0.3, 0.4) is 0 Å². The number of hydrogen-bond donors (Lipinski definition) is 1. The quantitative estimate of drug-likeness (QED) is 0.577. The standard InChI is InChI=1S/C8H13NO2/c1-3-4-6-7(10)5-8(11)9(6)2/h3,6-7,10H,1,4-5H2,2H3. The minimum Gasteiger partial charge on any atom is -0.390 e. The topological polar surface area (TPSA) is 40.5 Å².